The van der Waals surface area contributed by atoms with Gasteiger partial charge in [-0.05, 0) is 12.8 Å². The van der Waals surface area contributed by atoms with Crippen molar-refractivity contribution < 1.29 is 4.74 Å². The van der Waals surface area contributed by atoms with Gasteiger partial charge in [-0.3, -0.25) is 0 Å². The summed E-state index contributed by atoms with van der Waals surface area (Å²) in [6.07, 6.45) is 3.54. The van der Waals surface area contributed by atoms with Crippen LogP contribution in [0.1, 0.15) is 33.1 Å². The molecule has 1 nitrogen and oxygen atoms in total. The van der Waals surface area contributed by atoms with Crippen LogP contribution in [-0.4, -0.2) is 6.61 Å². The summed E-state index contributed by atoms with van der Waals surface area (Å²) >= 11 is 0. The molecule has 1 saturated heterocycles. The lowest BCUT2D eigenvalue weighted by Gasteiger charge is -2.13. The Kier molecular flexibility index (Phi) is 5.38. The summed E-state index contributed by atoms with van der Waals surface area (Å²) in [7, 11) is 0. The second-order valence-electron chi connectivity index (χ2n) is 1.84. The fourth-order valence-corrected chi connectivity index (χ4v) is 0.713. The van der Waals surface area contributed by atoms with Crippen molar-refractivity contribution in [1.82, 2.24) is 0 Å². The SMILES string of the molecule is C=C1CCCCO1.CC. The first-order valence-corrected chi connectivity index (χ1v) is 3.70. The van der Waals surface area contributed by atoms with Gasteiger partial charge in [0.15, 0.2) is 0 Å². The van der Waals surface area contributed by atoms with E-state index in [1.54, 1.807) is 0 Å². The zero-order valence-electron chi connectivity index (χ0n) is 6.44. The molecule has 0 aliphatic carbocycles. The van der Waals surface area contributed by atoms with E-state index < -0.39 is 0 Å². The van der Waals surface area contributed by atoms with E-state index in [2.05, 4.69) is 6.58 Å². The first-order chi connectivity index (χ1) is 4.39. The normalized spacial score (nSPS) is 17.3. The molecule has 0 aromatic carbocycles. The van der Waals surface area contributed by atoms with Gasteiger partial charge < -0.3 is 4.74 Å². The molecule has 0 radical (unpaired) electrons. The minimum atomic E-state index is 0.888. The topological polar surface area (TPSA) is 9.23 Å². The maximum atomic E-state index is 5.08. The average molecular weight is 128 g/mol. The molecule has 0 spiro atoms. The van der Waals surface area contributed by atoms with Crippen LogP contribution in [0.25, 0.3) is 0 Å². The van der Waals surface area contributed by atoms with Crippen molar-refractivity contribution in [2.75, 3.05) is 6.61 Å². The number of hydrogen-bond acceptors (Lipinski definition) is 1. The Labute approximate surface area is 57.7 Å². The van der Waals surface area contributed by atoms with E-state index >= 15 is 0 Å². The molecule has 1 heteroatoms. The van der Waals surface area contributed by atoms with Gasteiger partial charge in [0.25, 0.3) is 0 Å². The standard InChI is InChI=1S/C6H10O.C2H6/c1-6-4-2-3-5-7-6;1-2/h1-5H2;1-2H3. The van der Waals surface area contributed by atoms with E-state index in [0.29, 0.717) is 0 Å². The molecular weight excluding hydrogens is 112 g/mol. The third-order valence-electron chi connectivity index (χ3n) is 1.16. The third kappa shape index (κ3) is 4.07. The van der Waals surface area contributed by atoms with Crippen molar-refractivity contribution in [3.63, 3.8) is 0 Å². The van der Waals surface area contributed by atoms with Crippen LogP contribution in [-0.2, 0) is 4.74 Å². The van der Waals surface area contributed by atoms with E-state index in [0.717, 1.165) is 18.8 Å². The van der Waals surface area contributed by atoms with Crippen LogP contribution in [0.5, 0.6) is 0 Å². The highest BCUT2D eigenvalue weighted by Gasteiger charge is 2.00. The predicted octanol–water partition coefficient (Wildman–Crippen LogP) is 2.73. The quantitative estimate of drug-likeness (QED) is 0.487. The highest BCUT2D eigenvalue weighted by molar-refractivity contribution is 4.84. The van der Waals surface area contributed by atoms with Crippen LogP contribution >= 0.6 is 0 Å². The second-order valence-corrected chi connectivity index (χ2v) is 1.84. The highest BCUT2D eigenvalue weighted by Crippen LogP contribution is 2.12. The Morgan fingerprint density at radius 3 is 2.22 bits per heavy atom. The number of rotatable bonds is 0. The van der Waals surface area contributed by atoms with Crippen molar-refractivity contribution in [3.05, 3.63) is 12.3 Å². The van der Waals surface area contributed by atoms with Gasteiger partial charge >= 0.3 is 0 Å². The van der Waals surface area contributed by atoms with Crippen molar-refractivity contribution in [2.24, 2.45) is 0 Å². The molecule has 0 unspecified atom stereocenters. The molecule has 1 aliphatic rings. The van der Waals surface area contributed by atoms with Gasteiger partial charge in [-0.25, -0.2) is 0 Å². The fraction of sp³-hybridized carbons (Fsp3) is 0.750. The maximum Gasteiger partial charge on any atom is 0.0888 e. The van der Waals surface area contributed by atoms with E-state index in [4.69, 9.17) is 4.74 Å². The molecule has 0 aromatic rings. The Hall–Kier alpha value is -0.460. The molecule has 0 aromatic heterocycles. The third-order valence-corrected chi connectivity index (χ3v) is 1.16. The first kappa shape index (κ1) is 8.54. The Bertz CT molecular complexity index is 68.6. The van der Waals surface area contributed by atoms with Gasteiger partial charge in [0.2, 0.25) is 0 Å². The van der Waals surface area contributed by atoms with Crippen molar-refractivity contribution in [2.45, 2.75) is 33.1 Å². The molecule has 1 rings (SSSR count). The van der Waals surface area contributed by atoms with Gasteiger partial charge in [0, 0.05) is 6.42 Å². The average Bonchev–Trinajstić information content (AvgIpc) is 1.94. The lowest BCUT2D eigenvalue weighted by Crippen LogP contribution is -2.00. The van der Waals surface area contributed by atoms with Crippen LogP contribution in [0.15, 0.2) is 12.3 Å². The maximum absolute atomic E-state index is 5.08. The van der Waals surface area contributed by atoms with Crippen LogP contribution < -0.4 is 0 Å². The molecule has 0 bridgehead atoms. The molecule has 9 heavy (non-hydrogen) atoms. The number of ether oxygens (including phenoxy) is 1. The summed E-state index contributed by atoms with van der Waals surface area (Å²) in [6, 6.07) is 0. The van der Waals surface area contributed by atoms with Gasteiger partial charge in [0.05, 0.1) is 12.4 Å². The predicted molar refractivity (Wildman–Crippen MR) is 40.3 cm³/mol. The van der Waals surface area contributed by atoms with Crippen LogP contribution in [0.2, 0.25) is 0 Å². The van der Waals surface area contributed by atoms with Gasteiger partial charge in [-0.2, -0.15) is 0 Å². The lowest BCUT2D eigenvalue weighted by molar-refractivity contribution is 0.168. The summed E-state index contributed by atoms with van der Waals surface area (Å²) in [5.41, 5.74) is 0. The zero-order valence-corrected chi connectivity index (χ0v) is 6.44. The van der Waals surface area contributed by atoms with Gasteiger partial charge in [0.1, 0.15) is 0 Å². The van der Waals surface area contributed by atoms with Crippen molar-refractivity contribution in [1.29, 1.82) is 0 Å². The minimum Gasteiger partial charge on any atom is -0.499 e. The number of allylic oxidation sites excluding steroid dienone is 1. The summed E-state index contributed by atoms with van der Waals surface area (Å²) < 4.78 is 5.08. The van der Waals surface area contributed by atoms with E-state index in [1.807, 2.05) is 13.8 Å². The smallest absolute Gasteiger partial charge is 0.0888 e. The Morgan fingerprint density at radius 2 is 2.00 bits per heavy atom. The molecule has 54 valence electrons. The molecule has 1 aliphatic heterocycles. The second kappa shape index (κ2) is 5.67. The zero-order chi connectivity index (χ0) is 7.11. The van der Waals surface area contributed by atoms with Crippen molar-refractivity contribution >= 4 is 0 Å². The van der Waals surface area contributed by atoms with E-state index in [-0.39, 0.29) is 0 Å². The van der Waals surface area contributed by atoms with E-state index in [9.17, 15) is 0 Å². The molecule has 1 heterocycles. The minimum absolute atomic E-state index is 0.888. The highest BCUT2D eigenvalue weighted by atomic mass is 16.5. The fourth-order valence-electron chi connectivity index (χ4n) is 0.713. The summed E-state index contributed by atoms with van der Waals surface area (Å²) in [4.78, 5) is 0. The van der Waals surface area contributed by atoms with E-state index in [1.165, 1.54) is 12.8 Å². The Morgan fingerprint density at radius 1 is 1.33 bits per heavy atom. The molecule has 0 N–H and O–H groups in total. The molecule has 0 amide bonds. The van der Waals surface area contributed by atoms with Gasteiger partial charge in [-0.15, -0.1) is 0 Å². The summed E-state index contributed by atoms with van der Waals surface area (Å²) in [5, 5.41) is 0. The molecule has 0 saturated carbocycles. The summed E-state index contributed by atoms with van der Waals surface area (Å²) in [6.45, 7) is 8.58. The lowest BCUT2D eigenvalue weighted by atomic mass is 10.2. The van der Waals surface area contributed by atoms with Crippen LogP contribution in [0.4, 0.5) is 0 Å². The summed E-state index contributed by atoms with van der Waals surface area (Å²) in [5.74, 6) is 0.964. The Balaban J connectivity index is 0.000000291. The first-order valence-electron chi connectivity index (χ1n) is 3.70. The van der Waals surface area contributed by atoms with Crippen LogP contribution in [0, 0.1) is 0 Å². The molecule has 0 atom stereocenters. The van der Waals surface area contributed by atoms with Gasteiger partial charge in [-0.1, -0.05) is 20.4 Å². The molecular formula is C8H16O. The molecule has 1 fully saturated rings. The largest absolute Gasteiger partial charge is 0.499 e. The monoisotopic (exact) mass is 128 g/mol. The number of hydrogen-bond donors (Lipinski definition) is 0. The van der Waals surface area contributed by atoms with Crippen molar-refractivity contribution in [3.8, 4) is 0 Å². The van der Waals surface area contributed by atoms with Crippen LogP contribution in [0.3, 0.4) is 0 Å².